The van der Waals surface area contributed by atoms with Gasteiger partial charge in [0.1, 0.15) is 5.75 Å². The van der Waals surface area contributed by atoms with Crippen molar-refractivity contribution >= 4 is 22.2 Å². The number of anilines is 1. The third-order valence-electron chi connectivity index (χ3n) is 5.26. The quantitative estimate of drug-likeness (QED) is 0.268. The van der Waals surface area contributed by atoms with E-state index in [1.165, 1.54) is 11.1 Å². The summed E-state index contributed by atoms with van der Waals surface area (Å²) in [5.41, 5.74) is 10.7. The van der Waals surface area contributed by atoms with E-state index in [-0.39, 0.29) is 0 Å². The maximum absolute atomic E-state index is 5.46. The van der Waals surface area contributed by atoms with Crippen LogP contribution >= 0.6 is 11.3 Å². The van der Waals surface area contributed by atoms with E-state index >= 15 is 0 Å². The van der Waals surface area contributed by atoms with Crippen molar-refractivity contribution in [2.45, 2.75) is 20.8 Å². The van der Waals surface area contributed by atoms with Crippen LogP contribution in [-0.2, 0) is 0 Å². The minimum Gasteiger partial charge on any atom is -0.496 e. The number of benzene rings is 3. The van der Waals surface area contributed by atoms with E-state index in [0.29, 0.717) is 0 Å². The zero-order valence-electron chi connectivity index (χ0n) is 18.1. The summed E-state index contributed by atoms with van der Waals surface area (Å²) in [5.74, 6) is 0.797. The Morgan fingerprint density at radius 2 is 1.65 bits per heavy atom. The van der Waals surface area contributed by atoms with Crippen molar-refractivity contribution in [3.8, 4) is 27.4 Å². The molecule has 5 heteroatoms. The molecule has 4 nitrogen and oxygen atoms in total. The zero-order valence-corrected chi connectivity index (χ0v) is 19.0. The predicted octanol–water partition coefficient (Wildman–Crippen LogP) is 6.94. The molecule has 0 radical (unpaired) electrons. The van der Waals surface area contributed by atoms with E-state index in [1.54, 1.807) is 18.4 Å². The fraction of sp³-hybridized carbons (Fsp3) is 0.154. The monoisotopic (exact) mass is 427 g/mol. The maximum atomic E-state index is 5.46. The number of aromatic nitrogens is 1. The van der Waals surface area contributed by atoms with Crippen LogP contribution in [0, 0.1) is 13.8 Å². The number of hydrogen-bond donors (Lipinski definition) is 1. The summed E-state index contributed by atoms with van der Waals surface area (Å²) in [6, 6.07) is 24.7. The van der Waals surface area contributed by atoms with Gasteiger partial charge >= 0.3 is 0 Å². The number of para-hydroxylation sites is 1. The van der Waals surface area contributed by atoms with Crippen molar-refractivity contribution in [3.05, 3.63) is 89.5 Å². The van der Waals surface area contributed by atoms with E-state index in [1.807, 2.05) is 37.3 Å². The molecule has 4 aromatic rings. The lowest BCUT2D eigenvalue weighted by molar-refractivity contribution is 0.414. The van der Waals surface area contributed by atoms with Crippen LogP contribution in [0.3, 0.4) is 0 Å². The van der Waals surface area contributed by atoms with Crippen molar-refractivity contribution in [1.82, 2.24) is 4.98 Å². The van der Waals surface area contributed by atoms with E-state index < -0.39 is 0 Å². The van der Waals surface area contributed by atoms with Crippen LogP contribution in [0.1, 0.15) is 23.6 Å². The molecular formula is C26H25N3OS. The Labute approximate surface area is 187 Å². The fourth-order valence-electron chi connectivity index (χ4n) is 3.37. The van der Waals surface area contributed by atoms with Gasteiger partial charge in [-0.3, -0.25) is 5.43 Å². The van der Waals surface area contributed by atoms with Gasteiger partial charge in [-0.15, -0.1) is 0 Å². The molecule has 4 rings (SSSR count). The summed E-state index contributed by atoms with van der Waals surface area (Å²) in [4.78, 5) is 6.03. The highest BCUT2D eigenvalue weighted by Crippen LogP contribution is 2.39. The molecule has 0 aliphatic carbocycles. The van der Waals surface area contributed by atoms with Crippen LogP contribution < -0.4 is 10.2 Å². The van der Waals surface area contributed by atoms with Gasteiger partial charge in [0.15, 0.2) is 0 Å². The molecule has 0 fully saturated rings. The molecule has 1 N–H and O–H groups in total. The first kappa shape index (κ1) is 20.8. The fourth-order valence-corrected chi connectivity index (χ4v) is 4.31. The number of thiazole rings is 1. The molecule has 0 spiro atoms. The minimum atomic E-state index is 0.751. The zero-order chi connectivity index (χ0) is 21.8. The van der Waals surface area contributed by atoms with Gasteiger partial charge in [-0.2, -0.15) is 5.10 Å². The largest absolute Gasteiger partial charge is 0.496 e. The lowest BCUT2D eigenvalue weighted by Crippen LogP contribution is -2.02. The second-order valence-electron chi connectivity index (χ2n) is 7.37. The van der Waals surface area contributed by atoms with Crippen LogP contribution in [0.25, 0.3) is 21.7 Å². The Morgan fingerprint density at radius 1 is 0.903 bits per heavy atom. The first-order valence-corrected chi connectivity index (χ1v) is 11.0. The number of nitrogens with one attached hydrogen (secondary N) is 1. The summed E-state index contributed by atoms with van der Waals surface area (Å²) in [6.45, 7) is 6.22. The van der Waals surface area contributed by atoms with Gasteiger partial charge in [0.2, 0.25) is 5.13 Å². The topological polar surface area (TPSA) is 46.5 Å². The lowest BCUT2D eigenvalue weighted by Gasteiger charge is -2.07. The van der Waals surface area contributed by atoms with Gasteiger partial charge in [0.05, 0.1) is 23.4 Å². The predicted molar refractivity (Wildman–Crippen MR) is 131 cm³/mol. The normalized spacial score (nSPS) is 11.4. The Bertz CT molecular complexity index is 1230. The first-order valence-electron chi connectivity index (χ1n) is 10.1. The first-order chi connectivity index (χ1) is 15.1. The van der Waals surface area contributed by atoms with Gasteiger partial charge in [-0.25, -0.2) is 4.98 Å². The molecule has 3 aromatic carbocycles. The number of hydrogen-bond acceptors (Lipinski definition) is 5. The van der Waals surface area contributed by atoms with Crippen molar-refractivity contribution in [2.75, 3.05) is 12.5 Å². The second kappa shape index (κ2) is 9.14. The molecule has 0 aliphatic rings. The van der Waals surface area contributed by atoms with E-state index in [2.05, 4.69) is 66.8 Å². The van der Waals surface area contributed by atoms with Crippen molar-refractivity contribution in [1.29, 1.82) is 0 Å². The third kappa shape index (κ3) is 4.52. The molecule has 1 heterocycles. The van der Waals surface area contributed by atoms with Crippen LogP contribution in [0.2, 0.25) is 0 Å². The van der Waals surface area contributed by atoms with Crippen LogP contribution in [0.4, 0.5) is 5.13 Å². The number of rotatable bonds is 6. The summed E-state index contributed by atoms with van der Waals surface area (Å²) >= 11 is 1.60. The SMILES string of the molecule is COc1ccccc1/C(C)=N\Nc1nc(-c2ccc(C)c(C)c2)c(-c2ccccc2)s1. The molecular weight excluding hydrogens is 402 g/mol. The molecule has 0 atom stereocenters. The smallest absolute Gasteiger partial charge is 0.204 e. The van der Waals surface area contributed by atoms with E-state index in [0.717, 1.165) is 43.9 Å². The molecule has 0 amide bonds. The number of methoxy groups -OCH3 is 1. The summed E-state index contributed by atoms with van der Waals surface area (Å²) < 4.78 is 5.46. The Hall–Kier alpha value is -3.44. The third-order valence-corrected chi connectivity index (χ3v) is 6.27. The Morgan fingerprint density at radius 3 is 2.39 bits per heavy atom. The highest BCUT2D eigenvalue weighted by molar-refractivity contribution is 7.19. The van der Waals surface area contributed by atoms with Gasteiger partial charge in [-0.05, 0) is 55.7 Å². The minimum absolute atomic E-state index is 0.751. The maximum Gasteiger partial charge on any atom is 0.204 e. The molecule has 156 valence electrons. The Balaban J connectivity index is 1.72. The van der Waals surface area contributed by atoms with Crippen molar-refractivity contribution < 1.29 is 4.74 Å². The standard InChI is InChI=1S/C26H25N3OS/c1-17-14-15-21(16-18(17)2)24-25(20-10-6-5-7-11-20)31-26(27-24)29-28-19(3)22-12-8-9-13-23(22)30-4/h5-16H,1-4H3,(H,27,29)/b28-19-. The van der Waals surface area contributed by atoms with Crippen LogP contribution in [0.15, 0.2) is 77.9 Å². The molecule has 1 aromatic heterocycles. The summed E-state index contributed by atoms with van der Waals surface area (Å²) in [5, 5.41) is 5.33. The molecule has 0 aliphatic heterocycles. The summed E-state index contributed by atoms with van der Waals surface area (Å²) in [6.07, 6.45) is 0. The lowest BCUT2D eigenvalue weighted by atomic mass is 10.0. The second-order valence-corrected chi connectivity index (χ2v) is 8.37. The number of ether oxygens (including phenoxy) is 1. The molecule has 0 saturated carbocycles. The van der Waals surface area contributed by atoms with Crippen molar-refractivity contribution in [2.24, 2.45) is 5.10 Å². The molecule has 0 unspecified atom stereocenters. The van der Waals surface area contributed by atoms with Gasteiger partial charge in [0.25, 0.3) is 0 Å². The average Bonchev–Trinajstić information content (AvgIpc) is 3.24. The van der Waals surface area contributed by atoms with Gasteiger partial charge < -0.3 is 4.74 Å². The Kier molecular flexibility index (Phi) is 6.14. The number of aryl methyl sites for hydroxylation is 2. The summed E-state index contributed by atoms with van der Waals surface area (Å²) in [7, 11) is 1.67. The van der Waals surface area contributed by atoms with E-state index in [4.69, 9.17) is 9.72 Å². The van der Waals surface area contributed by atoms with Gasteiger partial charge in [-0.1, -0.05) is 65.9 Å². The van der Waals surface area contributed by atoms with Crippen LogP contribution in [-0.4, -0.2) is 17.8 Å². The highest BCUT2D eigenvalue weighted by atomic mass is 32.1. The molecule has 0 saturated heterocycles. The van der Waals surface area contributed by atoms with Crippen molar-refractivity contribution in [3.63, 3.8) is 0 Å². The number of nitrogens with zero attached hydrogens (tertiary/aromatic N) is 2. The van der Waals surface area contributed by atoms with E-state index in [9.17, 15) is 0 Å². The molecule has 0 bridgehead atoms. The molecule has 31 heavy (non-hydrogen) atoms. The highest BCUT2D eigenvalue weighted by Gasteiger charge is 2.15. The average molecular weight is 428 g/mol. The number of hydrazone groups is 1. The van der Waals surface area contributed by atoms with Crippen LogP contribution in [0.5, 0.6) is 5.75 Å². The van der Waals surface area contributed by atoms with Gasteiger partial charge in [0, 0.05) is 11.1 Å².